The number of hydrogen-bond acceptors (Lipinski definition) is 5. The molecule has 1 aromatic heterocycles. The van der Waals surface area contributed by atoms with Crippen LogP contribution in [-0.4, -0.2) is 24.6 Å². The smallest absolute Gasteiger partial charge is 0.230 e. The molecule has 0 aliphatic heterocycles. The quantitative estimate of drug-likeness (QED) is 0.590. The molecule has 0 atom stereocenters. The molecule has 5 nitrogen and oxygen atoms in total. The predicted molar refractivity (Wildman–Crippen MR) is 118 cm³/mol. The van der Waals surface area contributed by atoms with E-state index < -0.39 is 15.1 Å². The van der Waals surface area contributed by atoms with Crippen molar-refractivity contribution in [3.05, 3.63) is 65.0 Å². The van der Waals surface area contributed by atoms with Crippen molar-refractivity contribution in [3.63, 3.8) is 0 Å². The molecule has 0 fully saturated rings. The molecular weight excluding hydrogens is 404 g/mol. The average Bonchev–Trinajstić information content (AvgIpc) is 3.16. The van der Waals surface area contributed by atoms with Gasteiger partial charge in [-0.1, -0.05) is 43.3 Å². The molecule has 1 N–H and O–H groups in total. The van der Waals surface area contributed by atoms with E-state index in [0.717, 1.165) is 23.2 Å². The van der Waals surface area contributed by atoms with Gasteiger partial charge in [-0.2, -0.15) is 0 Å². The fraction of sp³-hybridized carbons (Fsp3) is 0.273. The fourth-order valence-electron chi connectivity index (χ4n) is 2.79. The van der Waals surface area contributed by atoms with Crippen molar-refractivity contribution in [2.75, 3.05) is 5.32 Å². The molecule has 1 heterocycles. The Bertz CT molecular complexity index is 1080. The second kappa shape index (κ2) is 8.88. The first-order chi connectivity index (χ1) is 13.8. The zero-order valence-corrected chi connectivity index (χ0v) is 18.3. The van der Waals surface area contributed by atoms with Crippen LogP contribution in [0.25, 0.3) is 11.3 Å². The van der Waals surface area contributed by atoms with Gasteiger partial charge in [-0.25, -0.2) is 13.4 Å². The zero-order valence-electron chi connectivity index (χ0n) is 16.7. The van der Waals surface area contributed by atoms with Crippen molar-refractivity contribution in [1.29, 1.82) is 0 Å². The monoisotopic (exact) mass is 428 g/mol. The number of nitrogens with one attached hydrogen (secondary N) is 1. The van der Waals surface area contributed by atoms with Crippen molar-refractivity contribution in [2.24, 2.45) is 0 Å². The minimum Gasteiger partial charge on any atom is -0.302 e. The SMILES string of the molecule is CCc1ccc(-c2csc(NC(=O)Cc3ccc(S(=O)(=O)C(C)C)cc3)n2)cc1. The van der Waals surface area contributed by atoms with Gasteiger partial charge >= 0.3 is 0 Å². The van der Waals surface area contributed by atoms with Crippen LogP contribution in [0.1, 0.15) is 31.9 Å². The van der Waals surface area contributed by atoms with Gasteiger partial charge in [0, 0.05) is 10.9 Å². The highest BCUT2D eigenvalue weighted by atomic mass is 32.2. The van der Waals surface area contributed by atoms with E-state index in [1.54, 1.807) is 38.1 Å². The summed E-state index contributed by atoms with van der Waals surface area (Å²) in [5.74, 6) is -0.188. The van der Waals surface area contributed by atoms with E-state index in [2.05, 4.69) is 29.4 Å². The highest BCUT2D eigenvalue weighted by Crippen LogP contribution is 2.25. The number of anilines is 1. The lowest BCUT2D eigenvalue weighted by molar-refractivity contribution is -0.115. The van der Waals surface area contributed by atoms with Crippen molar-refractivity contribution >= 4 is 32.2 Å². The average molecular weight is 429 g/mol. The minimum absolute atomic E-state index is 0.155. The Labute approximate surface area is 175 Å². The van der Waals surface area contributed by atoms with Crippen molar-refractivity contribution < 1.29 is 13.2 Å². The van der Waals surface area contributed by atoms with Crippen LogP contribution in [0, 0.1) is 0 Å². The van der Waals surface area contributed by atoms with Crippen LogP contribution in [0.3, 0.4) is 0 Å². The predicted octanol–water partition coefficient (Wildman–Crippen LogP) is 4.74. The van der Waals surface area contributed by atoms with Gasteiger partial charge in [0.2, 0.25) is 5.91 Å². The summed E-state index contributed by atoms with van der Waals surface area (Å²) in [7, 11) is -3.31. The van der Waals surface area contributed by atoms with E-state index in [-0.39, 0.29) is 17.2 Å². The maximum Gasteiger partial charge on any atom is 0.230 e. The highest BCUT2D eigenvalue weighted by Gasteiger charge is 2.19. The first kappa shape index (κ1) is 21.2. The van der Waals surface area contributed by atoms with Crippen LogP contribution in [0.2, 0.25) is 0 Å². The lowest BCUT2D eigenvalue weighted by atomic mass is 10.1. The lowest BCUT2D eigenvalue weighted by Crippen LogP contribution is -2.15. The standard InChI is InChI=1S/C22H24N2O3S2/c1-4-16-5-9-18(10-6-16)20-14-28-22(23-20)24-21(25)13-17-7-11-19(12-8-17)29(26,27)15(2)3/h5-12,14-15H,4,13H2,1-3H3,(H,23,24,25). The molecule has 0 aliphatic carbocycles. The van der Waals surface area contributed by atoms with E-state index in [1.165, 1.54) is 16.9 Å². The number of aryl methyl sites for hydroxylation is 1. The van der Waals surface area contributed by atoms with Crippen LogP contribution >= 0.6 is 11.3 Å². The second-order valence-electron chi connectivity index (χ2n) is 7.05. The maximum absolute atomic E-state index is 12.3. The largest absolute Gasteiger partial charge is 0.302 e. The number of benzene rings is 2. The van der Waals surface area contributed by atoms with Crippen LogP contribution in [0.5, 0.6) is 0 Å². The Kier molecular flexibility index (Phi) is 6.49. The third-order valence-electron chi connectivity index (χ3n) is 4.65. The van der Waals surface area contributed by atoms with Crippen LogP contribution in [-0.2, 0) is 27.5 Å². The molecule has 3 rings (SSSR count). The normalized spacial score (nSPS) is 11.6. The van der Waals surface area contributed by atoms with Gasteiger partial charge in [0.1, 0.15) is 0 Å². The molecule has 29 heavy (non-hydrogen) atoms. The molecule has 2 aromatic carbocycles. The zero-order chi connectivity index (χ0) is 21.0. The Morgan fingerprint density at radius 3 is 2.24 bits per heavy atom. The van der Waals surface area contributed by atoms with Gasteiger partial charge in [-0.3, -0.25) is 4.79 Å². The van der Waals surface area contributed by atoms with Crippen molar-refractivity contribution in [1.82, 2.24) is 4.98 Å². The number of hydrogen-bond donors (Lipinski definition) is 1. The number of sulfone groups is 1. The molecule has 7 heteroatoms. The number of nitrogens with zero attached hydrogens (tertiary/aromatic N) is 1. The molecule has 3 aromatic rings. The molecule has 0 saturated carbocycles. The minimum atomic E-state index is -3.31. The van der Waals surface area contributed by atoms with Crippen LogP contribution in [0.15, 0.2) is 58.8 Å². The Morgan fingerprint density at radius 2 is 1.66 bits per heavy atom. The van der Waals surface area contributed by atoms with Gasteiger partial charge in [-0.15, -0.1) is 11.3 Å². The van der Waals surface area contributed by atoms with E-state index in [0.29, 0.717) is 5.13 Å². The van der Waals surface area contributed by atoms with E-state index in [9.17, 15) is 13.2 Å². The van der Waals surface area contributed by atoms with E-state index >= 15 is 0 Å². The summed E-state index contributed by atoms with van der Waals surface area (Å²) in [6.45, 7) is 5.41. The number of carbonyl (C=O) groups excluding carboxylic acids is 1. The molecule has 0 unspecified atom stereocenters. The van der Waals surface area contributed by atoms with Gasteiger partial charge in [0.25, 0.3) is 0 Å². The molecule has 152 valence electrons. The number of carbonyl (C=O) groups is 1. The number of aromatic nitrogens is 1. The molecule has 0 spiro atoms. The number of thiazole rings is 1. The first-order valence-electron chi connectivity index (χ1n) is 9.47. The summed E-state index contributed by atoms with van der Waals surface area (Å²) in [4.78, 5) is 17.1. The second-order valence-corrected chi connectivity index (χ2v) is 10.4. The third-order valence-corrected chi connectivity index (χ3v) is 7.57. The van der Waals surface area contributed by atoms with Crippen LogP contribution in [0.4, 0.5) is 5.13 Å². The lowest BCUT2D eigenvalue weighted by Gasteiger charge is -2.08. The third kappa shape index (κ3) is 5.10. The molecule has 0 saturated heterocycles. The molecular formula is C22H24N2O3S2. The Balaban J connectivity index is 1.63. The fourth-order valence-corrected chi connectivity index (χ4v) is 4.59. The van der Waals surface area contributed by atoms with Crippen LogP contribution < -0.4 is 5.32 Å². The summed E-state index contributed by atoms with van der Waals surface area (Å²) in [6.07, 6.45) is 1.14. The molecule has 1 amide bonds. The molecule has 0 aliphatic rings. The maximum atomic E-state index is 12.3. The summed E-state index contributed by atoms with van der Waals surface area (Å²) in [6, 6.07) is 14.7. The van der Waals surface area contributed by atoms with E-state index in [4.69, 9.17) is 0 Å². The Hall–Kier alpha value is -2.51. The van der Waals surface area contributed by atoms with Crippen molar-refractivity contribution in [2.45, 2.75) is 43.8 Å². The summed E-state index contributed by atoms with van der Waals surface area (Å²) in [5.41, 5.74) is 3.86. The van der Waals surface area contributed by atoms with Gasteiger partial charge in [0.05, 0.1) is 22.3 Å². The molecule has 0 bridgehead atoms. The number of amides is 1. The first-order valence-corrected chi connectivity index (χ1v) is 11.9. The summed E-state index contributed by atoms with van der Waals surface area (Å²) >= 11 is 1.38. The number of rotatable bonds is 7. The summed E-state index contributed by atoms with van der Waals surface area (Å²) < 4.78 is 24.4. The molecule has 0 radical (unpaired) electrons. The van der Waals surface area contributed by atoms with Gasteiger partial charge in [-0.05, 0) is 43.5 Å². The van der Waals surface area contributed by atoms with Gasteiger partial charge in [0.15, 0.2) is 15.0 Å². The highest BCUT2D eigenvalue weighted by molar-refractivity contribution is 7.92. The van der Waals surface area contributed by atoms with Crippen molar-refractivity contribution in [3.8, 4) is 11.3 Å². The Morgan fingerprint density at radius 1 is 1.03 bits per heavy atom. The van der Waals surface area contributed by atoms with Gasteiger partial charge < -0.3 is 5.32 Å². The van der Waals surface area contributed by atoms with E-state index in [1.807, 2.05) is 17.5 Å². The topological polar surface area (TPSA) is 76.1 Å². The summed E-state index contributed by atoms with van der Waals surface area (Å²) in [5, 5.41) is 4.80.